The first-order chi connectivity index (χ1) is 8.78. The van der Waals surface area contributed by atoms with Crippen molar-refractivity contribution in [1.29, 1.82) is 0 Å². The molecule has 2 atom stereocenters. The van der Waals surface area contributed by atoms with Crippen molar-refractivity contribution in [1.82, 2.24) is 4.98 Å². The standard InChI is InChI=1S/C13H19ClN2OS/c14-12-11(8-17)18-13(15-12)16-6-5-9-3-1-2-4-10(9)7-16/h9-10,17H,1-8H2. The lowest BCUT2D eigenvalue weighted by molar-refractivity contribution is 0.202. The molecule has 2 aliphatic rings. The highest BCUT2D eigenvalue weighted by Crippen LogP contribution is 2.39. The van der Waals surface area contributed by atoms with Gasteiger partial charge >= 0.3 is 0 Å². The predicted molar refractivity (Wildman–Crippen MR) is 75.3 cm³/mol. The molecule has 0 amide bonds. The highest BCUT2D eigenvalue weighted by molar-refractivity contribution is 7.16. The minimum Gasteiger partial charge on any atom is -0.391 e. The number of aromatic nitrogens is 1. The molecule has 1 aliphatic heterocycles. The third-order valence-corrected chi connectivity index (χ3v) is 5.87. The van der Waals surface area contributed by atoms with Gasteiger partial charge in [-0.05, 0) is 24.7 Å². The molecule has 1 aromatic rings. The quantitative estimate of drug-likeness (QED) is 0.906. The number of piperidine rings is 1. The summed E-state index contributed by atoms with van der Waals surface area (Å²) in [7, 11) is 0. The first kappa shape index (κ1) is 12.7. The Morgan fingerprint density at radius 3 is 2.78 bits per heavy atom. The van der Waals surface area contributed by atoms with Crippen molar-refractivity contribution in [2.75, 3.05) is 18.0 Å². The molecule has 2 heterocycles. The number of rotatable bonds is 2. The number of anilines is 1. The molecule has 2 unspecified atom stereocenters. The molecule has 1 saturated heterocycles. The van der Waals surface area contributed by atoms with Crippen molar-refractivity contribution >= 4 is 28.1 Å². The van der Waals surface area contributed by atoms with Gasteiger partial charge in [0.1, 0.15) is 5.15 Å². The third-order valence-electron chi connectivity index (χ3n) is 4.34. The van der Waals surface area contributed by atoms with E-state index in [1.165, 1.54) is 43.4 Å². The summed E-state index contributed by atoms with van der Waals surface area (Å²) in [6.45, 7) is 2.21. The van der Waals surface area contributed by atoms with Crippen LogP contribution < -0.4 is 4.90 Å². The maximum absolute atomic E-state index is 9.18. The number of hydrogen-bond donors (Lipinski definition) is 1. The van der Waals surface area contributed by atoms with Crippen molar-refractivity contribution in [3.05, 3.63) is 10.0 Å². The van der Waals surface area contributed by atoms with Gasteiger partial charge in [-0.25, -0.2) is 4.98 Å². The molecule has 1 N–H and O–H groups in total. The lowest BCUT2D eigenvalue weighted by Gasteiger charge is -2.41. The fourth-order valence-electron chi connectivity index (χ4n) is 3.33. The smallest absolute Gasteiger partial charge is 0.187 e. The van der Waals surface area contributed by atoms with Crippen LogP contribution in [0.3, 0.4) is 0 Å². The molecular weight excluding hydrogens is 268 g/mol. The summed E-state index contributed by atoms with van der Waals surface area (Å²) in [4.78, 5) is 7.55. The SMILES string of the molecule is OCc1sc(N2CCC3CCCCC3C2)nc1Cl. The van der Waals surface area contributed by atoms with E-state index in [-0.39, 0.29) is 6.61 Å². The van der Waals surface area contributed by atoms with Gasteiger partial charge < -0.3 is 10.0 Å². The van der Waals surface area contributed by atoms with Crippen molar-refractivity contribution in [3.63, 3.8) is 0 Å². The number of thiazole rings is 1. The van der Waals surface area contributed by atoms with E-state index >= 15 is 0 Å². The summed E-state index contributed by atoms with van der Waals surface area (Å²) in [6, 6.07) is 0. The maximum Gasteiger partial charge on any atom is 0.187 e. The monoisotopic (exact) mass is 286 g/mol. The Hall–Kier alpha value is -0.320. The number of fused-ring (bicyclic) bond motifs is 1. The second-order valence-corrected chi connectivity index (χ2v) is 6.83. The van der Waals surface area contributed by atoms with Gasteiger partial charge in [-0.15, -0.1) is 0 Å². The number of halogens is 1. The number of aliphatic hydroxyl groups excluding tert-OH is 1. The lowest BCUT2D eigenvalue weighted by Crippen LogP contribution is -2.41. The molecule has 0 aromatic carbocycles. The van der Waals surface area contributed by atoms with E-state index in [4.69, 9.17) is 11.6 Å². The van der Waals surface area contributed by atoms with Gasteiger partial charge in [0.2, 0.25) is 0 Å². The molecular formula is C13H19ClN2OS. The summed E-state index contributed by atoms with van der Waals surface area (Å²) in [6.07, 6.45) is 6.87. The second-order valence-electron chi connectivity index (χ2n) is 5.41. The topological polar surface area (TPSA) is 36.4 Å². The molecule has 5 heteroatoms. The van der Waals surface area contributed by atoms with E-state index in [0.717, 1.165) is 34.9 Å². The third kappa shape index (κ3) is 2.38. The first-order valence-electron chi connectivity index (χ1n) is 6.79. The van der Waals surface area contributed by atoms with Crippen LogP contribution >= 0.6 is 22.9 Å². The van der Waals surface area contributed by atoms with Gasteiger partial charge in [-0.2, -0.15) is 0 Å². The fourth-order valence-corrected chi connectivity index (χ4v) is 4.48. The van der Waals surface area contributed by atoms with Crippen LogP contribution in [0.5, 0.6) is 0 Å². The molecule has 3 rings (SSSR count). The van der Waals surface area contributed by atoms with E-state index < -0.39 is 0 Å². The Labute approximate surface area is 117 Å². The molecule has 0 radical (unpaired) electrons. The Bertz CT molecular complexity index is 423. The zero-order chi connectivity index (χ0) is 12.5. The van der Waals surface area contributed by atoms with Gasteiger partial charge in [0.25, 0.3) is 0 Å². The van der Waals surface area contributed by atoms with Gasteiger partial charge in [0, 0.05) is 13.1 Å². The first-order valence-corrected chi connectivity index (χ1v) is 7.98. The van der Waals surface area contributed by atoms with Gasteiger partial charge in [0.05, 0.1) is 11.5 Å². The zero-order valence-corrected chi connectivity index (χ0v) is 12.0. The second kappa shape index (κ2) is 5.35. The lowest BCUT2D eigenvalue weighted by atomic mass is 9.75. The van der Waals surface area contributed by atoms with E-state index in [0.29, 0.717) is 5.15 Å². The van der Waals surface area contributed by atoms with Crippen molar-refractivity contribution < 1.29 is 5.11 Å². The van der Waals surface area contributed by atoms with Crippen LogP contribution in [0, 0.1) is 11.8 Å². The zero-order valence-electron chi connectivity index (χ0n) is 10.4. The maximum atomic E-state index is 9.18. The molecule has 1 aromatic heterocycles. The molecule has 0 bridgehead atoms. The average Bonchev–Trinajstić information content (AvgIpc) is 2.79. The van der Waals surface area contributed by atoms with Gasteiger partial charge in [-0.3, -0.25) is 0 Å². The molecule has 100 valence electrons. The van der Waals surface area contributed by atoms with Crippen molar-refractivity contribution in [3.8, 4) is 0 Å². The Kier molecular flexibility index (Phi) is 3.78. The summed E-state index contributed by atoms with van der Waals surface area (Å²) in [5.74, 6) is 1.77. The normalized spacial score (nSPS) is 28.2. The van der Waals surface area contributed by atoms with Crippen LogP contribution in [0.4, 0.5) is 5.13 Å². The Balaban J connectivity index is 1.72. The molecule has 3 nitrogen and oxygen atoms in total. The summed E-state index contributed by atoms with van der Waals surface area (Å²) in [5, 5.41) is 10.7. The van der Waals surface area contributed by atoms with Crippen molar-refractivity contribution in [2.24, 2.45) is 11.8 Å². The summed E-state index contributed by atoms with van der Waals surface area (Å²) >= 11 is 7.55. The Morgan fingerprint density at radius 1 is 1.28 bits per heavy atom. The average molecular weight is 287 g/mol. The van der Waals surface area contributed by atoms with E-state index in [1.54, 1.807) is 0 Å². The van der Waals surface area contributed by atoms with Crippen LogP contribution in [-0.4, -0.2) is 23.2 Å². The van der Waals surface area contributed by atoms with Crippen molar-refractivity contribution in [2.45, 2.75) is 38.7 Å². The molecule has 2 fully saturated rings. The Morgan fingerprint density at radius 2 is 2.06 bits per heavy atom. The molecule has 18 heavy (non-hydrogen) atoms. The van der Waals surface area contributed by atoms with E-state index in [9.17, 15) is 5.11 Å². The summed E-state index contributed by atoms with van der Waals surface area (Å²) in [5.41, 5.74) is 0. The number of nitrogens with zero attached hydrogens (tertiary/aromatic N) is 2. The number of hydrogen-bond acceptors (Lipinski definition) is 4. The number of aliphatic hydroxyl groups is 1. The highest BCUT2D eigenvalue weighted by Gasteiger charge is 2.32. The predicted octanol–water partition coefficient (Wildman–Crippen LogP) is 3.31. The van der Waals surface area contributed by atoms with Crippen LogP contribution in [-0.2, 0) is 6.61 Å². The van der Waals surface area contributed by atoms with Crippen LogP contribution in [0.15, 0.2) is 0 Å². The minimum absolute atomic E-state index is 0.00358. The van der Waals surface area contributed by atoms with Crippen LogP contribution in [0.1, 0.15) is 37.0 Å². The van der Waals surface area contributed by atoms with Gasteiger partial charge in [-0.1, -0.05) is 42.2 Å². The van der Waals surface area contributed by atoms with Gasteiger partial charge in [0.15, 0.2) is 5.13 Å². The molecule has 0 spiro atoms. The minimum atomic E-state index is -0.00358. The van der Waals surface area contributed by atoms with Crippen LogP contribution in [0.2, 0.25) is 5.15 Å². The molecule has 1 aliphatic carbocycles. The fraction of sp³-hybridized carbons (Fsp3) is 0.769. The summed E-state index contributed by atoms with van der Waals surface area (Å²) < 4.78 is 0. The largest absolute Gasteiger partial charge is 0.391 e. The van der Waals surface area contributed by atoms with Crippen LogP contribution in [0.25, 0.3) is 0 Å². The van der Waals surface area contributed by atoms with E-state index in [1.807, 2.05) is 0 Å². The van der Waals surface area contributed by atoms with E-state index in [2.05, 4.69) is 9.88 Å². The molecule has 1 saturated carbocycles. The highest BCUT2D eigenvalue weighted by atomic mass is 35.5.